The molecular weight excluding hydrogens is 288 g/mol. The average Bonchev–Trinajstić information content (AvgIpc) is 2.40. The molecule has 0 bridgehead atoms. The van der Waals surface area contributed by atoms with Crippen molar-refractivity contribution < 1.29 is 10.2 Å². The fourth-order valence-electron chi connectivity index (χ4n) is 1.46. The summed E-state index contributed by atoms with van der Waals surface area (Å²) < 4.78 is 0. The van der Waals surface area contributed by atoms with E-state index in [9.17, 15) is 10.2 Å². The minimum atomic E-state index is -1.11. The van der Waals surface area contributed by atoms with Crippen LogP contribution in [0.4, 0.5) is 5.69 Å². The van der Waals surface area contributed by atoms with Gasteiger partial charge in [-0.25, -0.2) is 0 Å². The van der Waals surface area contributed by atoms with Crippen molar-refractivity contribution in [3.63, 3.8) is 0 Å². The van der Waals surface area contributed by atoms with Gasteiger partial charge in [0.25, 0.3) is 0 Å². The molecule has 0 spiro atoms. The third-order valence-corrected chi connectivity index (χ3v) is 2.83. The van der Waals surface area contributed by atoms with Gasteiger partial charge >= 0.3 is 0 Å². The number of aliphatic hydroxyl groups excluding tert-OH is 2. The second-order valence-corrected chi connectivity index (χ2v) is 4.26. The summed E-state index contributed by atoms with van der Waals surface area (Å²) in [6.07, 6.45) is -2.00. The van der Waals surface area contributed by atoms with Gasteiger partial charge < -0.3 is 10.2 Å². The van der Waals surface area contributed by atoms with Crippen molar-refractivity contribution >= 4 is 34.7 Å². The maximum Gasteiger partial charge on any atom is 0.105 e. The van der Waals surface area contributed by atoms with E-state index in [1.165, 1.54) is 6.07 Å². The Morgan fingerprint density at radius 1 is 1.47 bits per heavy atom. The second kappa shape index (κ2) is 7.86. The molecule has 1 aromatic carbocycles. The third-order valence-electron chi connectivity index (χ3n) is 2.43. The zero-order valence-electron chi connectivity index (χ0n) is 9.77. The molecule has 2 atom stereocenters. The number of halogens is 1. The highest BCUT2D eigenvalue weighted by Gasteiger charge is 2.18. The van der Waals surface area contributed by atoms with Gasteiger partial charge in [0.1, 0.15) is 6.10 Å². The molecule has 0 heterocycles. The van der Waals surface area contributed by atoms with E-state index in [-0.39, 0.29) is 13.0 Å². The molecule has 0 saturated heterocycles. The van der Waals surface area contributed by atoms with E-state index >= 15 is 0 Å². The number of azide groups is 1. The van der Waals surface area contributed by atoms with Crippen molar-refractivity contribution in [1.29, 1.82) is 0 Å². The summed E-state index contributed by atoms with van der Waals surface area (Å²) in [5, 5.41) is 25.4. The van der Waals surface area contributed by atoms with Crippen molar-refractivity contribution in [1.82, 2.24) is 0 Å². The van der Waals surface area contributed by atoms with Crippen LogP contribution in [0.25, 0.3) is 10.4 Å². The summed E-state index contributed by atoms with van der Waals surface area (Å²) >= 11 is 10.4. The Bertz CT molecular complexity index is 541. The number of aliphatic imine (C=N–C) groups is 1. The maximum atomic E-state index is 9.92. The van der Waals surface area contributed by atoms with E-state index in [2.05, 4.69) is 32.4 Å². The lowest BCUT2D eigenvalue weighted by Crippen LogP contribution is -2.19. The standard InChI is InChI=1S/C11H11ClN4O2S/c12-8-5-7(1-2-9(8)14-6-19)11(18)10(17)3-4-15-16-13/h1-2,5,10-11,17-18H,3-4H2. The van der Waals surface area contributed by atoms with Crippen LogP contribution in [0.5, 0.6) is 0 Å². The summed E-state index contributed by atoms with van der Waals surface area (Å²) in [4.78, 5) is 6.31. The first-order valence-corrected chi connectivity index (χ1v) is 6.13. The fraction of sp³-hybridized carbons (Fsp3) is 0.364. The monoisotopic (exact) mass is 298 g/mol. The van der Waals surface area contributed by atoms with Gasteiger partial charge in [-0.3, -0.25) is 0 Å². The molecule has 19 heavy (non-hydrogen) atoms. The normalized spacial score (nSPS) is 13.0. The molecule has 0 radical (unpaired) electrons. The Labute approximate surface area is 120 Å². The van der Waals surface area contributed by atoms with Gasteiger partial charge in [0, 0.05) is 11.5 Å². The molecule has 0 aliphatic rings. The summed E-state index contributed by atoms with van der Waals surface area (Å²) in [6, 6.07) is 4.65. The van der Waals surface area contributed by atoms with Crippen LogP contribution in [0.15, 0.2) is 28.3 Å². The van der Waals surface area contributed by atoms with Crippen molar-refractivity contribution in [3.05, 3.63) is 39.2 Å². The zero-order chi connectivity index (χ0) is 14.3. The van der Waals surface area contributed by atoms with Crippen LogP contribution in [0, 0.1) is 0 Å². The molecule has 0 amide bonds. The number of thiocarbonyl (C=S) groups is 1. The fourth-order valence-corrected chi connectivity index (χ4v) is 1.79. The van der Waals surface area contributed by atoms with Crippen molar-refractivity contribution in [2.75, 3.05) is 6.54 Å². The quantitative estimate of drug-likeness (QED) is 0.277. The summed E-state index contributed by atoms with van der Waals surface area (Å²) in [6.45, 7) is 0.107. The topological polar surface area (TPSA) is 102 Å². The minimum Gasteiger partial charge on any atom is -0.390 e. The van der Waals surface area contributed by atoms with Crippen molar-refractivity contribution in [2.45, 2.75) is 18.6 Å². The smallest absolute Gasteiger partial charge is 0.105 e. The number of nitrogens with zero attached hydrogens (tertiary/aromatic N) is 4. The molecule has 2 unspecified atom stereocenters. The molecule has 6 nitrogen and oxygen atoms in total. The Morgan fingerprint density at radius 3 is 2.79 bits per heavy atom. The second-order valence-electron chi connectivity index (χ2n) is 3.67. The number of hydrogen-bond donors (Lipinski definition) is 2. The molecule has 0 fully saturated rings. The van der Waals surface area contributed by atoms with E-state index in [4.69, 9.17) is 17.1 Å². The van der Waals surface area contributed by atoms with Gasteiger partial charge in [-0.05, 0) is 41.9 Å². The van der Waals surface area contributed by atoms with Crippen LogP contribution in [-0.4, -0.2) is 28.0 Å². The van der Waals surface area contributed by atoms with Crippen LogP contribution < -0.4 is 0 Å². The Balaban J connectivity index is 2.81. The minimum absolute atomic E-state index is 0.107. The van der Waals surface area contributed by atoms with Gasteiger partial charge in [-0.2, -0.15) is 4.99 Å². The molecule has 0 saturated carbocycles. The number of benzene rings is 1. The van der Waals surface area contributed by atoms with E-state index in [0.29, 0.717) is 16.3 Å². The highest BCUT2D eigenvalue weighted by molar-refractivity contribution is 7.78. The zero-order valence-corrected chi connectivity index (χ0v) is 11.3. The molecule has 8 heteroatoms. The Morgan fingerprint density at radius 2 is 2.21 bits per heavy atom. The van der Waals surface area contributed by atoms with E-state index in [1.54, 1.807) is 12.1 Å². The first-order valence-electron chi connectivity index (χ1n) is 5.34. The van der Waals surface area contributed by atoms with E-state index < -0.39 is 12.2 Å². The van der Waals surface area contributed by atoms with Gasteiger partial charge in [-0.1, -0.05) is 22.8 Å². The number of rotatable bonds is 6. The lowest BCUT2D eigenvalue weighted by Gasteiger charge is -2.17. The third kappa shape index (κ3) is 4.61. The average molecular weight is 299 g/mol. The number of isothiocyanates is 1. The molecule has 100 valence electrons. The van der Waals surface area contributed by atoms with Crippen LogP contribution in [0.3, 0.4) is 0 Å². The number of aliphatic hydroxyl groups is 2. The van der Waals surface area contributed by atoms with Gasteiger partial charge in [0.05, 0.1) is 22.0 Å². The first-order chi connectivity index (χ1) is 9.10. The molecule has 1 aromatic rings. The largest absolute Gasteiger partial charge is 0.390 e. The first kappa shape index (κ1) is 15.6. The van der Waals surface area contributed by atoms with Gasteiger partial charge in [0.15, 0.2) is 0 Å². The number of hydrogen-bond acceptors (Lipinski definition) is 5. The van der Waals surface area contributed by atoms with Crippen LogP contribution in [-0.2, 0) is 0 Å². The molecule has 0 aliphatic heterocycles. The molecular formula is C11H11ClN4O2S. The van der Waals surface area contributed by atoms with Crippen molar-refractivity contribution in [2.24, 2.45) is 10.1 Å². The van der Waals surface area contributed by atoms with Gasteiger partial charge in [0.2, 0.25) is 0 Å². The lowest BCUT2D eigenvalue weighted by molar-refractivity contribution is 0.0150. The molecule has 0 aromatic heterocycles. The maximum absolute atomic E-state index is 9.92. The van der Waals surface area contributed by atoms with Crippen molar-refractivity contribution in [3.8, 4) is 0 Å². The predicted molar refractivity (Wildman–Crippen MR) is 75.7 cm³/mol. The molecule has 1 rings (SSSR count). The van der Waals surface area contributed by atoms with Crippen LogP contribution >= 0.6 is 23.8 Å². The highest BCUT2D eigenvalue weighted by atomic mass is 35.5. The molecule has 0 aliphatic carbocycles. The SMILES string of the molecule is [N-]=[N+]=NCCC(O)C(O)c1ccc(N=C=S)c(Cl)c1. The predicted octanol–water partition coefficient (Wildman–Crippen LogP) is 3.17. The van der Waals surface area contributed by atoms with Crippen LogP contribution in [0.1, 0.15) is 18.1 Å². The highest BCUT2D eigenvalue weighted by Crippen LogP contribution is 2.29. The summed E-state index contributed by atoms with van der Waals surface area (Å²) in [5.74, 6) is 0. The Kier molecular flexibility index (Phi) is 6.45. The summed E-state index contributed by atoms with van der Waals surface area (Å²) in [7, 11) is 0. The summed E-state index contributed by atoms with van der Waals surface area (Å²) in [5.41, 5.74) is 9.01. The van der Waals surface area contributed by atoms with E-state index in [0.717, 1.165) is 0 Å². The molecule has 2 N–H and O–H groups in total. The Hall–Kier alpha value is -1.46. The van der Waals surface area contributed by atoms with Gasteiger partial charge in [-0.15, -0.1) is 0 Å². The van der Waals surface area contributed by atoms with Crippen LogP contribution in [0.2, 0.25) is 5.02 Å². The lowest BCUT2D eigenvalue weighted by atomic mass is 10.0. The van der Waals surface area contributed by atoms with E-state index in [1.807, 2.05) is 0 Å².